The van der Waals surface area contributed by atoms with Gasteiger partial charge in [-0.15, -0.1) is 4.88 Å². The summed E-state index contributed by atoms with van der Waals surface area (Å²) in [5.74, 6) is 0. The van der Waals surface area contributed by atoms with Crippen LogP contribution in [0, 0.1) is 25.5 Å². The SMILES string of the molecule is CCc1[c-]c(CC)sc1.[Pt+4].[c-]1c(CN2[CH-]NCCC2)csc1CN1[CH-]NCCC1. The minimum Gasteiger partial charge on any atom is -0.456 e. The van der Waals surface area contributed by atoms with Crippen molar-refractivity contribution in [1.82, 2.24) is 20.4 Å². The summed E-state index contributed by atoms with van der Waals surface area (Å²) >= 11 is 3.64. The maximum atomic E-state index is 3.55. The van der Waals surface area contributed by atoms with Crippen LogP contribution < -0.4 is 10.6 Å². The molecule has 162 valence electrons. The predicted molar refractivity (Wildman–Crippen MR) is 120 cm³/mol. The van der Waals surface area contributed by atoms with Gasteiger partial charge in [0.05, 0.1) is 0 Å². The largest absolute Gasteiger partial charge is 4.00 e. The van der Waals surface area contributed by atoms with Crippen molar-refractivity contribution in [3.8, 4) is 0 Å². The van der Waals surface area contributed by atoms with Gasteiger partial charge in [0.25, 0.3) is 0 Å². The van der Waals surface area contributed by atoms with E-state index in [1.807, 2.05) is 22.7 Å². The van der Waals surface area contributed by atoms with Crippen LogP contribution in [0.3, 0.4) is 0 Å². The number of thiophene rings is 2. The van der Waals surface area contributed by atoms with Gasteiger partial charge in [-0.25, -0.2) is 31.0 Å². The summed E-state index contributed by atoms with van der Waals surface area (Å²) < 4.78 is 0. The summed E-state index contributed by atoms with van der Waals surface area (Å²) in [4.78, 5) is 7.39. The molecule has 2 aliphatic rings. The number of nitrogens with one attached hydrogen (secondary N) is 2. The first-order valence-corrected chi connectivity index (χ1v) is 12.1. The fourth-order valence-corrected chi connectivity index (χ4v) is 4.91. The molecule has 4 heterocycles. The van der Waals surface area contributed by atoms with Crippen molar-refractivity contribution in [1.29, 1.82) is 0 Å². The van der Waals surface area contributed by atoms with E-state index in [1.54, 1.807) is 0 Å². The number of hydrogen-bond donors (Lipinski definition) is 2. The van der Waals surface area contributed by atoms with Gasteiger partial charge in [0.15, 0.2) is 0 Å². The maximum Gasteiger partial charge on any atom is 4.00 e. The van der Waals surface area contributed by atoms with Gasteiger partial charge >= 0.3 is 21.1 Å². The van der Waals surface area contributed by atoms with Crippen molar-refractivity contribution in [3.05, 3.63) is 57.1 Å². The van der Waals surface area contributed by atoms with Crippen LogP contribution in [-0.4, -0.2) is 36.0 Å². The van der Waals surface area contributed by atoms with E-state index in [-0.39, 0.29) is 21.1 Å². The molecule has 0 amide bonds. The third-order valence-corrected chi connectivity index (χ3v) is 6.79. The Labute approximate surface area is 199 Å². The molecule has 2 saturated heterocycles. The van der Waals surface area contributed by atoms with Crippen LogP contribution >= 0.6 is 22.7 Å². The van der Waals surface area contributed by atoms with Gasteiger partial charge < -0.3 is 20.4 Å². The molecular weight excluding hydrogens is 579 g/mol. The van der Waals surface area contributed by atoms with Gasteiger partial charge in [-0.05, 0) is 58.5 Å². The van der Waals surface area contributed by atoms with Crippen LogP contribution in [0.5, 0.6) is 0 Å². The van der Waals surface area contributed by atoms with E-state index in [4.69, 9.17) is 0 Å². The van der Waals surface area contributed by atoms with Crippen LogP contribution in [0.15, 0.2) is 10.8 Å². The zero-order valence-electron chi connectivity index (χ0n) is 17.4. The second kappa shape index (κ2) is 14.1. The molecule has 2 aromatic rings. The molecule has 29 heavy (non-hydrogen) atoms. The smallest absolute Gasteiger partial charge is 0.456 e. The predicted octanol–water partition coefficient (Wildman–Crippen LogP) is 4.05. The van der Waals surface area contributed by atoms with Crippen LogP contribution in [0.4, 0.5) is 0 Å². The monoisotopic (exact) mass is 611 g/mol. The van der Waals surface area contributed by atoms with E-state index in [0.717, 1.165) is 52.1 Å². The molecule has 0 atom stereocenters. The average Bonchev–Trinajstić information content (AvgIpc) is 3.39. The summed E-state index contributed by atoms with van der Waals surface area (Å²) in [6.45, 7) is 15.0. The van der Waals surface area contributed by atoms with Gasteiger partial charge in [-0.2, -0.15) is 16.3 Å². The van der Waals surface area contributed by atoms with E-state index in [2.05, 4.69) is 70.5 Å². The molecule has 0 saturated carbocycles. The summed E-state index contributed by atoms with van der Waals surface area (Å²) in [6, 6.07) is 6.88. The molecule has 7 heteroatoms. The van der Waals surface area contributed by atoms with Gasteiger partial charge in [-0.1, -0.05) is 25.1 Å². The maximum absolute atomic E-state index is 3.55. The van der Waals surface area contributed by atoms with Crippen molar-refractivity contribution in [2.45, 2.75) is 52.6 Å². The topological polar surface area (TPSA) is 30.5 Å². The molecule has 4 nitrogen and oxygen atoms in total. The van der Waals surface area contributed by atoms with Crippen molar-refractivity contribution < 1.29 is 21.1 Å². The molecule has 0 spiro atoms. The molecule has 0 aliphatic carbocycles. The van der Waals surface area contributed by atoms with E-state index in [9.17, 15) is 0 Å². The number of nitrogens with zero attached hydrogens (tertiary/aromatic N) is 2. The first-order chi connectivity index (χ1) is 13.8. The standard InChI is InChI=1S/C14H21N4S.C8H11S.Pt/c1-3-15-11-17(5-1)8-13-7-14(19-10-13)9-18-6-2-4-16-12-18;1-3-7-5-8(4-2)9-6-7;/h10-12,15-16H,1-6,8-9H2;6H,3-4H2,1-2H3;/q-3;-1;+4. The first kappa shape index (κ1) is 25.2. The van der Waals surface area contributed by atoms with E-state index in [1.165, 1.54) is 33.7 Å². The minimum absolute atomic E-state index is 0. The molecule has 2 N–H and O–H groups in total. The Morgan fingerprint density at radius 1 is 0.862 bits per heavy atom. The van der Waals surface area contributed by atoms with Crippen molar-refractivity contribution >= 4 is 22.7 Å². The molecular formula is C22H32N4PtS2. The van der Waals surface area contributed by atoms with Crippen molar-refractivity contribution in [3.63, 3.8) is 0 Å². The molecule has 0 unspecified atom stereocenters. The summed E-state index contributed by atoms with van der Waals surface area (Å²) in [7, 11) is 0. The zero-order valence-corrected chi connectivity index (χ0v) is 21.3. The van der Waals surface area contributed by atoms with E-state index < -0.39 is 0 Å². The van der Waals surface area contributed by atoms with Gasteiger partial charge in [0.1, 0.15) is 0 Å². The average molecular weight is 612 g/mol. The van der Waals surface area contributed by atoms with Crippen molar-refractivity contribution in [2.75, 3.05) is 26.2 Å². The Morgan fingerprint density at radius 2 is 1.45 bits per heavy atom. The second-order valence-corrected chi connectivity index (χ2v) is 9.07. The van der Waals surface area contributed by atoms with Gasteiger partial charge in [0.2, 0.25) is 0 Å². The molecule has 4 rings (SSSR count). The van der Waals surface area contributed by atoms with Crippen LogP contribution in [0.1, 0.15) is 47.6 Å². The molecule has 0 bridgehead atoms. The second-order valence-electron chi connectivity index (χ2n) is 7.14. The fourth-order valence-electron chi connectivity index (χ4n) is 3.20. The molecule has 0 aromatic carbocycles. The first-order valence-electron chi connectivity index (χ1n) is 10.4. The molecule has 2 aliphatic heterocycles. The summed E-state index contributed by atoms with van der Waals surface area (Å²) in [5, 5.41) is 11.0. The third kappa shape index (κ3) is 8.90. The van der Waals surface area contributed by atoms with E-state index >= 15 is 0 Å². The Bertz CT molecular complexity index is 623. The van der Waals surface area contributed by atoms with Crippen LogP contribution in [0.25, 0.3) is 0 Å². The Hall–Kier alpha value is -0.0717. The number of rotatable bonds is 6. The summed E-state index contributed by atoms with van der Waals surface area (Å²) in [5.41, 5.74) is 2.67. The molecule has 2 aromatic heterocycles. The summed E-state index contributed by atoms with van der Waals surface area (Å²) in [6.07, 6.45) is 4.70. The molecule has 0 radical (unpaired) electrons. The normalized spacial score (nSPS) is 18.0. The van der Waals surface area contributed by atoms with E-state index in [0.29, 0.717) is 0 Å². The van der Waals surface area contributed by atoms with Crippen molar-refractivity contribution in [2.24, 2.45) is 0 Å². The van der Waals surface area contributed by atoms with Gasteiger partial charge in [-0.3, -0.25) is 22.7 Å². The Morgan fingerprint density at radius 3 is 1.97 bits per heavy atom. The number of hydrogen-bond acceptors (Lipinski definition) is 6. The number of aryl methyl sites for hydroxylation is 2. The Kier molecular flexibility index (Phi) is 12.2. The third-order valence-electron chi connectivity index (χ3n) is 4.79. The van der Waals surface area contributed by atoms with Crippen LogP contribution in [0.2, 0.25) is 0 Å². The van der Waals surface area contributed by atoms with Gasteiger partial charge in [0, 0.05) is 0 Å². The van der Waals surface area contributed by atoms with Crippen LogP contribution in [-0.2, 0) is 47.0 Å². The fraction of sp³-hybridized carbons (Fsp3) is 0.545. The minimum atomic E-state index is 0. The molecule has 2 fully saturated rings. The Balaban J connectivity index is 0.000000255. The zero-order chi connectivity index (χ0) is 19.6. The quantitative estimate of drug-likeness (QED) is 0.483.